The van der Waals surface area contributed by atoms with E-state index in [1.807, 2.05) is 18.2 Å². The number of aryl methyl sites for hydroxylation is 1. The zero-order valence-electron chi connectivity index (χ0n) is 14.5. The van der Waals surface area contributed by atoms with Gasteiger partial charge in [0.15, 0.2) is 0 Å². The van der Waals surface area contributed by atoms with Crippen molar-refractivity contribution in [3.8, 4) is 0 Å². The Kier molecular flexibility index (Phi) is 3.93. The quantitative estimate of drug-likeness (QED) is 0.769. The number of fused-ring (bicyclic) bond motifs is 3. The van der Waals surface area contributed by atoms with E-state index in [2.05, 4.69) is 23.9 Å². The molecule has 0 saturated heterocycles. The molecule has 3 aromatic rings. The number of aromatic nitrogens is 1. The zero-order chi connectivity index (χ0) is 17.6. The van der Waals surface area contributed by atoms with Crippen LogP contribution in [0, 0.1) is 0 Å². The van der Waals surface area contributed by atoms with E-state index in [4.69, 9.17) is 0 Å². The van der Waals surface area contributed by atoms with Gasteiger partial charge in [0, 0.05) is 42.7 Å². The Balaban J connectivity index is 1.91. The van der Waals surface area contributed by atoms with Gasteiger partial charge in [-0.3, -0.25) is 0 Å². The van der Waals surface area contributed by atoms with Crippen LogP contribution in [0.2, 0.25) is 0 Å². The summed E-state index contributed by atoms with van der Waals surface area (Å²) in [6.07, 6.45) is 1.88. The second-order valence-corrected chi connectivity index (χ2v) is 8.74. The first-order chi connectivity index (χ1) is 12.0. The smallest absolute Gasteiger partial charge is 0.206 e. The molecule has 0 bridgehead atoms. The largest absolute Gasteiger partial charge is 0.347 e. The molecule has 0 amide bonds. The summed E-state index contributed by atoms with van der Waals surface area (Å²) < 4.78 is 28.1. The topological polar surface area (TPSA) is 51.1 Å². The van der Waals surface area contributed by atoms with Gasteiger partial charge in [0.2, 0.25) is 9.84 Å². The average Bonchev–Trinajstić information content (AvgIpc) is 2.76. The summed E-state index contributed by atoms with van der Waals surface area (Å²) in [5.41, 5.74) is 3.69. The highest BCUT2D eigenvalue weighted by Crippen LogP contribution is 2.32. The molecule has 0 aliphatic carbocycles. The van der Waals surface area contributed by atoms with Crippen molar-refractivity contribution in [3.05, 3.63) is 59.8 Å². The molecule has 5 heteroatoms. The molecule has 0 fully saturated rings. The summed E-state index contributed by atoms with van der Waals surface area (Å²) in [4.78, 5) is 0.705. The van der Waals surface area contributed by atoms with Crippen LogP contribution in [-0.4, -0.2) is 25.6 Å². The molecule has 0 saturated carbocycles. The lowest BCUT2D eigenvalue weighted by Gasteiger charge is -2.10. The Morgan fingerprint density at radius 2 is 1.84 bits per heavy atom. The zero-order valence-corrected chi connectivity index (χ0v) is 15.3. The maximum Gasteiger partial charge on any atom is 0.206 e. The fraction of sp³-hybridized carbons (Fsp3) is 0.300. The van der Waals surface area contributed by atoms with Gasteiger partial charge in [-0.1, -0.05) is 18.2 Å². The fourth-order valence-electron chi connectivity index (χ4n) is 3.82. The third-order valence-electron chi connectivity index (χ3n) is 5.14. The van der Waals surface area contributed by atoms with Gasteiger partial charge in [-0.05, 0) is 49.2 Å². The molecule has 4 nitrogen and oxygen atoms in total. The van der Waals surface area contributed by atoms with Gasteiger partial charge in [-0.25, -0.2) is 8.42 Å². The van der Waals surface area contributed by atoms with E-state index in [-0.39, 0.29) is 0 Å². The summed E-state index contributed by atoms with van der Waals surface area (Å²) in [5.74, 6) is 0. The molecule has 1 aromatic heterocycles. The van der Waals surface area contributed by atoms with Crippen molar-refractivity contribution in [1.82, 2.24) is 9.88 Å². The Labute approximate surface area is 148 Å². The van der Waals surface area contributed by atoms with Crippen LogP contribution < -0.4 is 5.32 Å². The third-order valence-corrected chi connectivity index (χ3v) is 6.90. The van der Waals surface area contributed by atoms with E-state index in [9.17, 15) is 8.42 Å². The van der Waals surface area contributed by atoms with Gasteiger partial charge in [0.1, 0.15) is 0 Å². The molecular formula is C20H22N2O2S. The van der Waals surface area contributed by atoms with Crippen LogP contribution in [0.15, 0.2) is 58.3 Å². The Hall–Kier alpha value is -2.11. The Morgan fingerprint density at radius 3 is 2.60 bits per heavy atom. The van der Waals surface area contributed by atoms with Crippen LogP contribution in [0.25, 0.3) is 10.9 Å². The van der Waals surface area contributed by atoms with Crippen molar-refractivity contribution in [3.63, 3.8) is 0 Å². The SMILES string of the molecule is CC1Cc2c(n(C)c3ccc(S(=O)(=O)c4ccccc4)cc23)CCN1. The van der Waals surface area contributed by atoms with Crippen molar-refractivity contribution in [1.29, 1.82) is 0 Å². The highest BCUT2D eigenvalue weighted by Gasteiger charge is 2.23. The van der Waals surface area contributed by atoms with E-state index in [0.29, 0.717) is 15.8 Å². The van der Waals surface area contributed by atoms with E-state index in [0.717, 1.165) is 30.3 Å². The van der Waals surface area contributed by atoms with Crippen LogP contribution >= 0.6 is 0 Å². The van der Waals surface area contributed by atoms with Gasteiger partial charge in [-0.2, -0.15) is 0 Å². The number of sulfone groups is 1. The third kappa shape index (κ3) is 2.68. The average molecular weight is 354 g/mol. The summed E-state index contributed by atoms with van der Waals surface area (Å²) in [7, 11) is -1.42. The lowest BCUT2D eigenvalue weighted by molar-refractivity contribution is 0.567. The molecule has 130 valence electrons. The molecule has 1 atom stereocenters. The van der Waals surface area contributed by atoms with Crippen LogP contribution in [0.1, 0.15) is 18.2 Å². The minimum atomic E-state index is -3.50. The number of hydrogen-bond acceptors (Lipinski definition) is 3. The molecule has 1 aliphatic heterocycles. The van der Waals surface area contributed by atoms with Gasteiger partial charge in [-0.15, -0.1) is 0 Å². The molecule has 2 aromatic carbocycles. The molecule has 0 radical (unpaired) electrons. The Bertz CT molecular complexity index is 1040. The second kappa shape index (κ2) is 6.00. The minimum Gasteiger partial charge on any atom is -0.347 e. The monoisotopic (exact) mass is 354 g/mol. The highest BCUT2D eigenvalue weighted by atomic mass is 32.2. The molecule has 1 N–H and O–H groups in total. The van der Waals surface area contributed by atoms with Crippen molar-refractivity contribution in [2.75, 3.05) is 6.54 Å². The predicted molar refractivity (Wildman–Crippen MR) is 99.7 cm³/mol. The first-order valence-electron chi connectivity index (χ1n) is 8.62. The van der Waals surface area contributed by atoms with Crippen LogP contribution in [0.3, 0.4) is 0 Å². The maximum absolute atomic E-state index is 13.0. The van der Waals surface area contributed by atoms with E-state index >= 15 is 0 Å². The summed E-state index contributed by atoms with van der Waals surface area (Å²) in [6.45, 7) is 3.13. The molecular weight excluding hydrogens is 332 g/mol. The number of nitrogens with zero attached hydrogens (tertiary/aromatic N) is 1. The number of nitrogens with one attached hydrogen (secondary N) is 1. The highest BCUT2D eigenvalue weighted by molar-refractivity contribution is 7.91. The van der Waals surface area contributed by atoms with Crippen molar-refractivity contribution in [2.45, 2.75) is 35.6 Å². The lowest BCUT2D eigenvalue weighted by atomic mass is 10.0. The first kappa shape index (κ1) is 16.4. The fourth-order valence-corrected chi connectivity index (χ4v) is 5.13. The summed E-state index contributed by atoms with van der Waals surface area (Å²) >= 11 is 0. The normalized spacial score (nSPS) is 18.1. The first-order valence-corrected chi connectivity index (χ1v) is 10.1. The second-order valence-electron chi connectivity index (χ2n) is 6.79. The van der Waals surface area contributed by atoms with Crippen molar-refractivity contribution in [2.24, 2.45) is 7.05 Å². The molecule has 1 aliphatic rings. The summed E-state index contributed by atoms with van der Waals surface area (Å²) in [5, 5.41) is 4.57. The van der Waals surface area contributed by atoms with Gasteiger partial charge >= 0.3 is 0 Å². The summed E-state index contributed by atoms with van der Waals surface area (Å²) in [6, 6.07) is 14.6. The number of benzene rings is 2. The molecule has 2 heterocycles. The van der Waals surface area contributed by atoms with Gasteiger partial charge in [0.05, 0.1) is 9.79 Å². The van der Waals surface area contributed by atoms with Crippen molar-refractivity contribution >= 4 is 20.7 Å². The predicted octanol–water partition coefficient (Wildman–Crippen LogP) is 3.09. The molecule has 25 heavy (non-hydrogen) atoms. The van der Waals surface area contributed by atoms with Crippen LogP contribution in [0.4, 0.5) is 0 Å². The molecule has 1 unspecified atom stereocenters. The minimum absolute atomic E-state index is 0.339. The molecule has 4 rings (SSSR count). The van der Waals surface area contributed by atoms with Crippen molar-refractivity contribution < 1.29 is 8.42 Å². The Morgan fingerprint density at radius 1 is 1.08 bits per heavy atom. The number of rotatable bonds is 2. The van der Waals surface area contributed by atoms with E-state index in [1.54, 1.807) is 30.3 Å². The number of hydrogen-bond donors (Lipinski definition) is 1. The lowest BCUT2D eigenvalue weighted by Crippen LogP contribution is -2.27. The van der Waals surface area contributed by atoms with E-state index in [1.165, 1.54) is 11.3 Å². The van der Waals surface area contributed by atoms with E-state index < -0.39 is 9.84 Å². The molecule has 0 spiro atoms. The standard InChI is InChI=1S/C20H22N2O2S/c1-14-12-17-18-13-16(25(23,24)15-6-4-3-5-7-15)8-9-19(18)22(2)20(17)10-11-21-14/h3-9,13-14,21H,10-12H2,1-2H3. The van der Waals surface area contributed by atoms with Crippen LogP contribution in [-0.2, 0) is 29.7 Å². The van der Waals surface area contributed by atoms with Crippen LogP contribution in [0.5, 0.6) is 0 Å². The van der Waals surface area contributed by atoms with Gasteiger partial charge < -0.3 is 9.88 Å². The maximum atomic E-state index is 13.0. The van der Waals surface area contributed by atoms with Gasteiger partial charge in [0.25, 0.3) is 0 Å².